The molecule has 0 spiro atoms. The monoisotopic (exact) mass is 317 g/mol. The quantitative estimate of drug-likeness (QED) is 0.830. The summed E-state index contributed by atoms with van der Waals surface area (Å²) in [4.78, 5) is 15.0. The number of phenolic OH excluding ortho intramolecular Hbond substituents is 1. The number of carbonyl (C=O) groups excluding carboxylic acids is 1. The summed E-state index contributed by atoms with van der Waals surface area (Å²) in [6.45, 7) is 6.88. The highest BCUT2D eigenvalue weighted by molar-refractivity contribution is 5.98. The highest BCUT2D eigenvalue weighted by Gasteiger charge is 2.27. The van der Waals surface area contributed by atoms with Crippen LogP contribution in [0.15, 0.2) is 12.1 Å². The van der Waals surface area contributed by atoms with Gasteiger partial charge in [-0.05, 0) is 44.5 Å². The second-order valence-corrected chi connectivity index (χ2v) is 8.22. The number of carbonyl (C=O) groups is 1. The molecule has 1 aliphatic rings. The lowest BCUT2D eigenvalue weighted by atomic mass is 9.80. The number of hydrogen-bond acceptors (Lipinski definition) is 3. The molecule has 1 fully saturated rings. The highest BCUT2D eigenvalue weighted by atomic mass is 16.3. The summed E-state index contributed by atoms with van der Waals surface area (Å²) in [7, 11) is 3.96. The molecule has 0 saturated heterocycles. The predicted molar refractivity (Wildman–Crippen MR) is 95.1 cm³/mol. The van der Waals surface area contributed by atoms with E-state index in [-0.39, 0.29) is 17.1 Å². The lowest BCUT2D eigenvalue weighted by molar-refractivity contribution is 0.0889. The van der Waals surface area contributed by atoms with Gasteiger partial charge in [-0.25, -0.2) is 0 Å². The Balaban J connectivity index is 2.44. The molecule has 23 heavy (non-hydrogen) atoms. The van der Waals surface area contributed by atoms with Gasteiger partial charge < -0.3 is 10.0 Å². The Morgan fingerprint density at radius 2 is 1.78 bits per heavy atom. The molecule has 1 aromatic carbocycles. The van der Waals surface area contributed by atoms with Crippen LogP contribution < -0.4 is 0 Å². The standard InChI is InChI=1S/C20H31NO2/c1-20(2,3)17-12-15(11-16(19(17)23)13-21(4)5)18(22)14-9-7-6-8-10-14/h11-12,14,23H,6-10,13H2,1-5H3. The second kappa shape index (κ2) is 7.04. The van der Waals surface area contributed by atoms with E-state index in [2.05, 4.69) is 20.8 Å². The maximum atomic E-state index is 12.9. The molecule has 0 bridgehead atoms. The van der Waals surface area contributed by atoms with Gasteiger partial charge in [0, 0.05) is 29.2 Å². The summed E-state index contributed by atoms with van der Waals surface area (Å²) < 4.78 is 0. The first-order valence-electron chi connectivity index (χ1n) is 8.75. The Morgan fingerprint density at radius 3 is 2.30 bits per heavy atom. The molecule has 1 aromatic rings. The molecule has 1 aliphatic carbocycles. The van der Waals surface area contributed by atoms with E-state index in [1.165, 1.54) is 6.42 Å². The van der Waals surface area contributed by atoms with Gasteiger partial charge in [-0.1, -0.05) is 40.0 Å². The van der Waals surface area contributed by atoms with Gasteiger partial charge in [0.2, 0.25) is 0 Å². The Kier molecular flexibility index (Phi) is 5.51. The van der Waals surface area contributed by atoms with Crippen molar-refractivity contribution in [3.63, 3.8) is 0 Å². The van der Waals surface area contributed by atoms with Gasteiger partial charge in [-0.3, -0.25) is 4.79 Å². The Hall–Kier alpha value is -1.35. The van der Waals surface area contributed by atoms with Gasteiger partial charge in [-0.15, -0.1) is 0 Å². The minimum Gasteiger partial charge on any atom is -0.507 e. The van der Waals surface area contributed by atoms with E-state index in [1.807, 2.05) is 31.1 Å². The predicted octanol–water partition coefficient (Wildman–Crippen LogP) is 4.51. The van der Waals surface area contributed by atoms with Gasteiger partial charge in [0.05, 0.1) is 0 Å². The van der Waals surface area contributed by atoms with Crippen LogP contribution in [0.2, 0.25) is 0 Å². The summed E-state index contributed by atoms with van der Waals surface area (Å²) in [6, 6.07) is 3.83. The Labute approximate surface area is 140 Å². The van der Waals surface area contributed by atoms with Crippen molar-refractivity contribution < 1.29 is 9.90 Å². The van der Waals surface area contributed by atoms with Crippen LogP contribution in [0, 0.1) is 5.92 Å². The van der Waals surface area contributed by atoms with Crippen LogP contribution in [0.25, 0.3) is 0 Å². The van der Waals surface area contributed by atoms with Crippen molar-refractivity contribution in [1.82, 2.24) is 4.90 Å². The first kappa shape index (κ1) is 18.0. The van der Waals surface area contributed by atoms with E-state index < -0.39 is 0 Å². The van der Waals surface area contributed by atoms with E-state index in [4.69, 9.17) is 0 Å². The Morgan fingerprint density at radius 1 is 1.17 bits per heavy atom. The number of rotatable bonds is 4. The number of ketones is 1. The van der Waals surface area contributed by atoms with E-state index in [0.717, 1.165) is 42.4 Å². The maximum Gasteiger partial charge on any atom is 0.165 e. The molecule has 128 valence electrons. The summed E-state index contributed by atoms with van der Waals surface area (Å²) >= 11 is 0. The molecule has 0 amide bonds. The fourth-order valence-electron chi connectivity index (χ4n) is 3.47. The van der Waals surface area contributed by atoms with Crippen LogP contribution in [0.3, 0.4) is 0 Å². The van der Waals surface area contributed by atoms with Gasteiger partial charge >= 0.3 is 0 Å². The average Bonchev–Trinajstić information content (AvgIpc) is 2.48. The van der Waals surface area contributed by atoms with Crippen molar-refractivity contribution in [2.24, 2.45) is 5.92 Å². The molecule has 0 unspecified atom stereocenters. The van der Waals surface area contributed by atoms with Gasteiger partial charge in [0.1, 0.15) is 5.75 Å². The first-order valence-corrected chi connectivity index (χ1v) is 8.75. The normalized spacial score (nSPS) is 16.8. The second-order valence-electron chi connectivity index (χ2n) is 8.22. The molecule has 0 radical (unpaired) electrons. The number of hydrogen-bond donors (Lipinski definition) is 1. The lowest BCUT2D eigenvalue weighted by Crippen LogP contribution is -2.21. The van der Waals surface area contributed by atoms with Crippen LogP contribution in [0.4, 0.5) is 0 Å². The fraction of sp³-hybridized carbons (Fsp3) is 0.650. The van der Waals surface area contributed by atoms with Crippen LogP contribution in [-0.4, -0.2) is 29.9 Å². The van der Waals surface area contributed by atoms with Crippen molar-refractivity contribution in [2.45, 2.75) is 64.8 Å². The zero-order chi connectivity index (χ0) is 17.2. The molecule has 0 atom stereocenters. The van der Waals surface area contributed by atoms with Crippen molar-refractivity contribution in [3.05, 3.63) is 28.8 Å². The minimum atomic E-state index is -0.187. The third kappa shape index (κ3) is 4.35. The van der Waals surface area contributed by atoms with E-state index in [9.17, 15) is 9.90 Å². The summed E-state index contributed by atoms with van der Waals surface area (Å²) in [5, 5.41) is 10.7. The summed E-state index contributed by atoms with van der Waals surface area (Å²) in [5.74, 6) is 0.759. The summed E-state index contributed by atoms with van der Waals surface area (Å²) in [6.07, 6.45) is 5.58. The molecule has 3 heteroatoms. The molecular weight excluding hydrogens is 286 g/mol. The highest BCUT2D eigenvalue weighted by Crippen LogP contribution is 2.36. The van der Waals surface area contributed by atoms with Crippen molar-refractivity contribution in [3.8, 4) is 5.75 Å². The molecule has 2 rings (SSSR count). The van der Waals surface area contributed by atoms with E-state index in [0.29, 0.717) is 12.3 Å². The largest absolute Gasteiger partial charge is 0.507 e. The zero-order valence-electron chi connectivity index (χ0n) is 15.3. The molecule has 0 heterocycles. The Bertz CT molecular complexity index is 564. The third-order valence-electron chi connectivity index (χ3n) is 4.74. The van der Waals surface area contributed by atoms with E-state index >= 15 is 0 Å². The number of Topliss-reactive ketones (excluding diaryl/α,β-unsaturated/α-hetero) is 1. The molecular formula is C20H31NO2. The van der Waals surface area contributed by atoms with Crippen molar-refractivity contribution in [2.75, 3.05) is 14.1 Å². The number of aromatic hydroxyl groups is 1. The van der Waals surface area contributed by atoms with Crippen LogP contribution in [0.5, 0.6) is 5.75 Å². The molecule has 3 nitrogen and oxygen atoms in total. The average molecular weight is 317 g/mol. The topological polar surface area (TPSA) is 40.5 Å². The zero-order valence-corrected chi connectivity index (χ0v) is 15.3. The number of nitrogens with zero attached hydrogens (tertiary/aromatic N) is 1. The van der Waals surface area contributed by atoms with Crippen LogP contribution >= 0.6 is 0 Å². The number of benzene rings is 1. The van der Waals surface area contributed by atoms with Gasteiger partial charge in [-0.2, -0.15) is 0 Å². The van der Waals surface area contributed by atoms with Crippen LogP contribution in [-0.2, 0) is 12.0 Å². The lowest BCUT2D eigenvalue weighted by Gasteiger charge is -2.26. The molecule has 1 saturated carbocycles. The first-order chi connectivity index (χ1) is 10.7. The van der Waals surface area contributed by atoms with Gasteiger partial charge in [0.25, 0.3) is 0 Å². The fourth-order valence-corrected chi connectivity index (χ4v) is 3.47. The van der Waals surface area contributed by atoms with Crippen molar-refractivity contribution >= 4 is 5.78 Å². The molecule has 1 N–H and O–H groups in total. The SMILES string of the molecule is CN(C)Cc1cc(C(=O)C2CCCCC2)cc(C(C)(C)C)c1O. The third-order valence-corrected chi connectivity index (χ3v) is 4.74. The van der Waals surface area contributed by atoms with Crippen LogP contribution in [0.1, 0.15) is 74.4 Å². The molecule has 0 aliphatic heterocycles. The maximum absolute atomic E-state index is 12.9. The molecule has 0 aromatic heterocycles. The number of phenols is 1. The van der Waals surface area contributed by atoms with E-state index in [1.54, 1.807) is 0 Å². The minimum absolute atomic E-state index is 0.160. The van der Waals surface area contributed by atoms with Crippen molar-refractivity contribution in [1.29, 1.82) is 0 Å². The smallest absolute Gasteiger partial charge is 0.165 e. The summed E-state index contributed by atoms with van der Waals surface area (Å²) in [5.41, 5.74) is 2.31. The van der Waals surface area contributed by atoms with Gasteiger partial charge in [0.15, 0.2) is 5.78 Å².